The Morgan fingerprint density at radius 3 is 2.44 bits per heavy atom. The first-order valence-electron chi connectivity index (χ1n) is 4.66. The molecule has 2 N–H and O–H groups in total. The fourth-order valence-corrected chi connectivity index (χ4v) is 1.13. The van der Waals surface area contributed by atoms with E-state index in [0.29, 0.717) is 11.3 Å². The number of amides is 2. The van der Waals surface area contributed by atoms with Gasteiger partial charge < -0.3 is 10.6 Å². The SMILES string of the molecule is CNC(=O)c1ccc(NC(=O)CC#N)cc1. The summed E-state index contributed by atoms with van der Waals surface area (Å²) in [6.45, 7) is 0. The van der Waals surface area contributed by atoms with Crippen molar-refractivity contribution in [2.24, 2.45) is 0 Å². The van der Waals surface area contributed by atoms with E-state index in [1.807, 2.05) is 0 Å². The fraction of sp³-hybridized carbons (Fsp3) is 0.182. The minimum atomic E-state index is -0.366. The van der Waals surface area contributed by atoms with Gasteiger partial charge in [-0.25, -0.2) is 0 Å². The number of nitrogens with zero attached hydrogens (tertiary/aromatic N) is 1. The third-order valence-corrected chi connectivity index (χ3v) is 1.90. The highest BCUT2D eigenvalue weighted by Crippen LogP contribution is 2.09. The molecule has 0 aliphatic rings. The second kappa shape index (κ2) is 5.51. The molecule has 0 aromatic heterocycles. The van der Waals surface area contributed by atoms with Gasteiger partial charge in [0.25, 0.3) is 5.91 Å². The van der Waals surface area contributed by atoms with Crippen molar-refractivity contribution in [3.8, 4) is 6.07 Å². The number of carbonyl (C=O) groups is 2. The maximum absolute atomic E-state index is 11.2. The van der Waals surface area contributed by atoms with Gasteiger partial charge >= 0.3 is 0 Å². The maximum atomic E-state index is 11.2. The van der Waals surface area contributed by atoms with E-state index < -0.39 is 0 Å². The van der Waals surface area contributed by atoms with Gasteiger partial charge in [0.2, 0.25) is 5.91 Å². The molecule has 0 aliphatic carbocycles. The first-order valence-corrected chi connectivity index (χ1v) is 4.66. The molecule has 5 heteroatoms. The number of nitriles is 1. The van der Waals surface area contributed by atoms with Crippen molar-refractivity contribution in [3.63, 3.8) is 0 Å². The second-order valence-electron chi connectivity index (χ2n) is 3.04. The normalized spacial score (nSPS) is 9.00. The summed E-state index contributed by atoms with van der Waals surface area (Å²) in [6, 6.07) is 8.17. The molecule has 0 saturated heterocycles. The molecule has 0 spiro atoms. The molecule has 1 aromatic carbocycles. The number of hydrogen-bond donors (Lipinski definition) is 2. The van der Waals surface area contributed by atoms with Crippen LogP contribution < -0.4 is 10.6 Å². The lowest BCUT2D eigenvalue weighted by Crippen LogP contribution is -2.17. The number of carbonyl (C=O) groups excluding carboxylic acids is 2. The maximum Gasteiger partial charge on any atom is 0.251 e. The van der Waals surface area contributed by atoms with Crippen molar-refractivity contribution >= 4 is 17.5 Å². The molecule has 0 aliphatic heterocycles. The number of nitrogens with one attached hydrogen (secondary N) is 2. The Labute approximate surface area is 93.1 Å². The molecule has 2 amide bonds. The average molecular weight is 217 g/mol. The number of benzene rings is 1. The number of anilines is 1. The first kappa shape index (κ1) is 11.7. The Kier molecular flexibility index (Phi) is 4.04. The van der Waals surface area contributed by atoms with E-state index in [0.717, 1.165) is 0 Å². The molecular formula is C11H11N3O2. The Hall–Kier alpha value is -2.35. The molecule has 0 fully saturated rings. The van der Waals surface area contributed by atoms with Crippen LogP contribution in [0.3, 0.4) is 0 Å². The summed E-state index contributed by atoms with van der Waals surface area (Å²) in [5.41, 5.74) is 1.08. The van der Waals surface area contributed by atoms with Gasteiger partial charge in [-0.15, -0.1) is 0 Å². The first-order chi connectivity index (χ1) is 7.67. The van der Waals surface area contributed by atoms with Crippen LogP contribution in [0.1, 0.15) is 16.8 Å². The highest BCUT2D eigenvalue weighted by Gasteiger charge is 2.04. The summed E-state index contributed by atoms with van der Waals surface area (Å²) >= 11 is 0. The molecule has 82 valence electrons. The molecule has 0 radical (unpaired) electrons. The Bertz CT molecular complexity index is 432. The van der Waals surface area contributed by atoms with Crippen LogP contribution in [0.2, 0.25) is 0 Å². The van der Waals surface area contributed by atoms with Gasteiger partial charge in [-0.1, -0.05) is 0 Å². The Morgan fingerprint density at radius 2 is 1.94 bits per heavy atom. The molecular weight excluding hydrogens is 206 g/mol. The zero-order valence-electron chi connectivity index (χ0n) is 8.78. The summed E-state index contributed by atoms with van der Waals surface area (Å²) in [5.74, 6) is -0.551. The topological polar surface area (TPSA) is 82.0 Å². The molecule has 0 heterocycles. The minimum absolute atomic E-state index is 0.183. The van der Waals surface area contributed by atoms with Crippen LogP contribution >= 0.6 is 0 Å². The zero-order chi connectivity index (χ0) is 12.0. The van der Waals surface area contributed by atoms with Gasteiger partial charge in [-0.3, -0.25) is 9.59 Å². The highest BCUT2D eigenvalue weighted by molar-refractivity contribution is 5.95. The van der Waals surface area contributed by atoms with Crippen molar-refractivity contribution in [1.82, 2.24) is 5.32 Å². The third-order valence-electron chi connectivity index (χ3n) is 1.90. The molecule has 0 bridgehead atoms. The van der Waals surface area contributed by atoms with Crippen molar-refractivity contribution in [2.45, 2.75) is 6.42 Å². The lowest BCUT2D eigenvalue weighted by Gasteiger charge is -2.04. The molecule has 0 atom stereocenters. The van der Waals surface area contributed by atoms with E-state index in [-0.39, 0.29) is 18.2 Å². The summed E-state index contributed by atoms with van der Waals surface area (Å²) in [6.07, 6.45) is -0.183. The quantitative estimate of drug-likeness (QED) is 0.789. The van der Waals surface area contributed by atoms with Crippen molar-refractivity contribution in [1.29, 1.82) is 5.26 Å². The van der Waals surface area contributed by atoms with E-state index in [9.17, 15) is 9.59 Å². The summed E-state index contributed by atoms with van der Waals surface area (Å²) in [4.78, 5) is 22.3. The molecule has 5 nitrogen and oxygen atoms in total. The predicted octanol–water partition coefficient (Wildman–Crippen LogP) is 0.898. The van der Waals surface area contributed by atoms with E-state index >= 15 is 0 Å². The van der Waals surface area contributed by atoms with Crippen LogP contribution in [0.4, 0.5) is 5.69 Å². The summed E-state index contributed by atoms with van der Waals surface area (Å²) < 4.78 is 0. The highest BCUT2D eigenvalue weighted by atomic mass is 16.2. The number of hydrogen-bond acceptors (Lipinski definition) is 3. The summed E-state index contributed by atoms with van der Waals surface area (Å²) in [5, 5.41) is 13.3. The lowest BCUT2D eigenvalue weighted by molar-refractivity contribution is -0.115. The van der Waals surface area contributed by atoms with E-state index in [1.165, 1.54) is 0 Å². The van der Waals surface area contributed by atoms with Crippen LogP contribution in [0.5, 0.6) is 0 Å². The van der Waals surface area contributed by atoms with E-state index in [1.54, 1.807) is 37.4 Å². The molecule has 0 unspecified atom stereocenters. The van der Waals surface area contributed by atoms with Crippen molar-refractivity contribution in [3.05, 3.63) is 29.8 Å². The summed E-state index contributed by atoms with van der Waals surface area (Å²) in [7, 11) is 1.55. The minimum Gasteiger partial charge on any atom is -0.355 e. The van der Waals surface area contributed by atoms with Crippen LogP contribution in [0.25, 0.3) is 0 Å². The second-order valence-corrected chi connectivity index (χ2v) is 3.04. The van der Waals surface area contributed by atoms with Gasteiger partial charge in [-0.2, -0.15) is 5.26 Å². The zero-order valence-corrected chi connectivity index (χ0v) is 8.78. The molecule has 1 rings (SSSR count). The van der Waals surface area contributed by atoms with Gasteiger partial charge in [0, 0.05) is 18.3 Å². The van der Waals surface area contributed by atoms with Crippen LogP contribution in [0, 0.1) is 11.3 Å². The Balaban J connectivity index is 2.69. The third kappa shape index (κ3) is 3.10. The van der Waals surface area contributed by atoms with Crippen LogP contribution in [0.15, 0.2) is 24.3 Å². The largest absolute Gasteiger partial charge is 0.355 e. The standard InChI is InChI=1S/C11H11N3O2/c1-13-11(16)8-2-4-9(5-3-8)14-10(15)6-7-12/h2-5H,6H2,1H3,(H,13,16)(H,14,15). The molecule has 1 aromatic rings. The van der Waals surface area contributed by atoms with Gasteiger partial charge in [0.1, 0.15) is 6.42 Å². The average Bonchev–Trinajstić information content (AvgIpc) is 2.29. The smallest absolute Gasteiger partial charge is 0.251 e. The van der Waals surface area contributed by atoms with Crippen LogP contribution in [-0.4, -0.2) is 18.9 Å². The fourth-order valence-electron chi connectivity index (χ4n) is 1.13. The van der Waals surface area contributed by atoms with Crippen molar-refractivity contribution < 1.29 is 9.59 Å². The monoisotopic (exact) mass is 217 g/mol. The number of rotatable bonds is 3. The van der Waals surface area contributed by atoms with Gasteiger partial charge in [0.05, 0.1) is 6.07 Å². The van der Waals surface area contributed by atoms with Gasteiger partial charge in [-0.05, 0) is 24.3 Å². The van der Waals surface area contributed by atoms with E-state index in [4.69, 9.17) is 5.26 Å². The Morgan fingerprint density at radius 1 is 1.31 bits per heavy atom. The van der Waals surface area contributed by atoms with Crippen LogP contribution in [-0.2, 0) is 4.79 Å². The van der Waals surface area contributed by atoms with Crippen molar-refractivity contribution in [2.75, 3.05) is 12.4 Å². The van der Waals surface area contributed by atoms with Gasteiger partial charge in [0.15, 0.2) is 0 Å². The lowest BCUT2D eigenvalue weighted by atomic mass is 10.2. The molecule has 16 heavy (non-hydrogen) atoms. The molecule has 0 saturated carbocycles. The predicted molar refractivity (Wildman–Crippen MR) is 58.7 cm³/mol. The van der Waals surface area contributed by atoms with E-state index in [2.05, 4.69) is 10.6 Å².